The molecule has 1 atom stereocenters. The van der Waals surface area contributed by atoms with Crippen LogP contribution in [0.4, 0.5) is 0 Å². The number of thiophene rings is 1. The topological polar surface area (TPSA) is 24.9 Å². The quantitative estimate of drug-likeness (QED) is 0.861. The molecule has 2 rings (SSSR count). The second kappa shape index (κ2) is 5.59. The second-order valence-corrected chi connectivity index (χ2v) is 7.27. The van der Waals surface area contributed by atoms with E-state index < -0.39 is 0 Å². The van der Waals surface area contributed by atoms with Gasteiger partial charge in [0.2, 0.25) is 0 Å². The van der Waals surface area contributed by atoms with E-state index in [1.54, 1.807) is 11.3 Å². The molecule has 2 nitrogen and oxygen atoms in total. The Bertz CT molecular complexity index is 542. The van der Waals surface area contributed by atoms with Gasteiger partial charge in [-0.25, -0.2) is 0 Å². The minimum Gasteiger partial charge on any atom is -0.310 e. The van der Waals surface area contributed by atoms with Gasteiger partial charge in [-0.05, 0) is 41.3 Å². The van der Waals surface area contributed by atoms with Crippen molar-refractivity contribution in [2.24, 2.45) is 11.3 Å². The maximum absolute atomic E-state index is 4.51. The Labute approximate surface area is 120 Å². The monoisotopic (exact) mass is 276 g/mol. The van der Waals surface area contributed by atoms with Crippen molar-refractivity contribution < 1.29 is 0 Å². The first-order chi connectivity index (χ1) is 8.90. The van der Waals surface area contributed by atoms with Crippen molar-refractivity contribution in [2.45, 2.75) is 40.7 Å². The molecule has 0 bridgehead atoms. The largest absolute Gasteiger partial charge is 0.310 e. The third-order valence-corrected chi connectivity index (χ3v) is 5.10. The highest BCUT2D eigenvalue weighted by molar-refractivity contribution is 7.17. The van der Waals surface area contributed by atoms with Crippen molar-refractivity contribution in [1.29, 1.82) is 0 Å². The van der Waals surface area contributed by atoms with Crippen molar-refractivity contribution in [3.05, 3.63) is 29.3 Å². The summed E-state index contributed by atoms with van der Waals surface area (Å²) in [6, 6.07) is 4.67. The smallest absolute Gasteiger partial charge is 0.0809 e. The molecular formula is C16H24N2S. The van der Waals surface area contributed by atoms with Gasteiger partial charge in [-0.3, -0.25) is 4.98 Å². The first kappa shape index (κ1) is 14.5. The van der Waals surface area contributed by atoms with Crippen molar-refractivity contribution in [2.75, 3.05) is 6.54 Å². The molecule has 0 saturated carbocycles. The van der Waals surface area contributed by atoms with E-state index in [0.29, 0.717) is 17.4 Å². The molecule has 104 valence electrons. The molecule has 1 N–H and O–H groups in total. The fourth-order valence-electron chi connectivity index (χ4n) is 1.84. The molecule has 0 amide bonds. The number of aromatic nitrogens is 1. The van der Waals surface area contributed by atoms with Crippen LogP contribution in [-0.2, 0) is 0 Å². The van der Waals surface area contributed by atoms with Gasteiger partial charge in [0.15, 0.2) is 0 Å². The normalized spacial score (nSPS) is 14.2. The van der Waals surface area contributed by atoms with E-state index in [0.717, 1.165) is 12.1 Å². The van der Waals surface area contributed by atoms with Gasteiger partial charge in [-0.1, -0.05) is 27.7 Å². The molecular weight excluding hydrogens is 252 g/mol. The maximum Gasteiger partial charge on any atom is 0.0809 e. The first-order valence-electron chi connectivity index (χ1n) is 6.96. The van der Waals surface area contributed by atoms with E-state index in [1.807, 2.05) is 6.20 Å². The number of fused-ring (bicyclic) bond motifs is 1. The standard InChI is InChI=1S/C16H24N2S/c1-11(2)16(4,5)10-18-12(3)13-8-15-14(17-9-13)6-7-19-15/h6-9,11-12,18H,10H2,1-5H3. The van der Waals surface area contributed by atoms with Crippen LogP contribution >= 0.6 is 11.3 Å². The number of rotatable bonds is 5. The summed E-state index contributed by atoms with van der Waals surface area (Å²) in [6.45, 7) is 12.4. The molecule has 0 aliphatic carbocycles. The highest BCUT2D eigenvalue weighted by atomic mass is 32.1. The van der Waals surface area contributed by atoms with Gasteiger partial charge < -0.3 is 5.32 Å². The summed E-state index contributed by atoms with van der Waals surface area (Å²) in [6.07, 6.45) is 2.00. The summed E-state index contributed by atoms with van der Waals surface area (Å²) < 4.78 is 1.27. The summed E-state index contributed by atoms with van der Waals surface area (Å²) in [5, 5.41) is 5.74. The molecule has 0 radical (unpaired) electrons. The fraction of sp³-hybridized carbons (Fsp3) is 0.562. The molecule has 2 aromatic heterocycles. The van der Waals surface area contributed by atoms with E-state index in [1.165, 1.54) is 10.3 Å². The van der Waals surface area contributed by atoms with E-state index >= 15 is 0 Å². The lowest BCUT2D eigenvalue weighted by Crippen LogP contribution is -2.34. The molecule has 2 heterocycles. The first-order valence-corrected chi connectivity index (χ1v) is 7.84. The Balaban J connectivity index is 2.05. The minimum atomic E-state index is 0.314. The van der Waals surface area contributed by atoms with Crippen LogP contribution in [0.15, 0.2) is 23.7 Å². The Morgan fingerprint density at radius 3 is 2.74 bits per heavy atom. The van der Waals surface area contributed by atoms with Gasteiger partial charge in [-0.2, -0.15) is 0 Å². The van der Waals surface area contributed by atoms with Crippen LogP contribution in [0, 0.1) is 11.3 Å². The minimum absolute atomic E-state index is 0.314. The summed E-state index contributed by atoms with van der Waals surface area (Å²) in [7, 11) is 0. The average molecular weight is 276 g/mol. The summed E-state index contributed by atoms with van der Waals surface area (Å²) in [5.74, 6) is 0.671. The van der Waals surface area contributed by atoms with Crippen LogP contribution in [0.3, 0.4) is 0 Å². The van der Waals surface area contributed by atoms with Crippen LogP contribution in [0.5, 0.6) is 0 Å². The van der Waals surface area contributed by atoms with Crippen molar-refractivity contribution >= 4 is 21.6 Å². The predicted octanol–water partition coefficient (Wildman–Crippen LogP) is 4.63. The number of hydrogen-bond donors (Lipinski definition) is 1. The summed E-state index contributed by atoms with van der Waals surface area (Å²) in [4.78, 5) is 4.51. The molecule has 0 saturated heterocycles. The number of hydrogen-bond acceptors (Lipinski definition) is 3. The van der Waals surface area contributed by atoms with E-state index in [2.05, 4.69) is 62.4 Å². The van der Waals surface area contributed by atoms with Crippen LogP contribution in [0.25, 0.3) is 10.2 Å². The van der Waals surface area contributed by atoms with Crippen molar-refractivity contribution in [1.82, 2.24) is 10.3 Å². The van der Waals surface area contributed by atoms with Crippen LogP contribution < -0.4 is 5.32 Å². The van der Waals surface area contributed by atoms with Gasteiger partial charge >= 0.3 is 0 Å². The van der Waals surface area contributed by atoms with Gasteiger partial charge in [0.05, 0.1) is 10.2 Å². The molecule has 0 aliphatic heterocycles. The zero-order valence-corrected chi connectivity index (χ0v) is 13.3. The lowest BCUT2D eigenvalue weighted by atomic mass is 9.81. The highest BCUT2D eigenvalue weighted by Crippen LogP contribution is 2.27. The van der Waals surface area contributed by atoms with Crippen LogP contribution in [0.1, 0.15) is 46.2 Å². The summed E-state index contributed by atoms with van der Waals surface area (Å²) in [5.41, 5.74) is 2.69. The lowest BCUT2D eigenvalue weighted by Gasteiger charge is -2.31. The molecule has 2 aromatic rings. The maximum atomic E-state index is 4.51. The van der Waals surface area contributed by atoms with Gasteiger partial charge in [0.1, 0.15) is 0 Å². The second-order valence-electron chi connectivity index (χ2n) is 6.32. The third kappa shape index (κ3) is 3.34. The van der Waals surface area contributed by atoms with Gasteiger partial charge in [0, 0.05) is 18.8 Å². The molecule has 1 unspecified atom stereocenters. The van der Waals surface area contributed by atoms with E-state index in [4.69, 9.17) is 0 Å². The zero-order valence-electron chi connectivity index (χ0n) is 12.5. The number of pyridine rings is 1. The van der Waals surface area contributed by atoms with Crippen LogP contribution in [0.2, 0.25) is 0 Å². The SMILES string of the molecule is CC(NCC(C)(C)C(C)C)c1cnc2ccsc2c1. The van der Waals surface area contributed by atoms with Crippen LogP contribution in [-0.4, -0.2) is 11.5 Å². The molecule has 19 heavy (non-hydrogen) atoms. The highest BCUT2D eigenvalue weighted by Gasteiger charge is 2.22. The molecule has 3 heteroatoms. The van der Waals surface area contributed by atoms with E-state index in [9.17, 15) is 0 Å². The Morgan fingerprint density at radius 1 is 1.32 bits per heavy atom. The number of nitrogens with zero attached hydrogens (tertiary/aromatic N) is 1. The van der Waals surface area contributed by atoms with E-state index in [-0.39, 0.29) is 0 Å². The Kier molecular flexibility index (Phi) is 4.26. The molecule has 0 fully saturated rings. The molecule has 0 spiro atoms. The zero-order chi connectivity index (χ0) is 14.0. The molecule has 0 aromatic carbocycles. The number of nitrogens with one attached hydrogen (secondary N) is 1. The average Bonchev–Trinajstić information content (AvgIpc) is 2.82. The van der Waals surface area contributed by atoms with Crippen molar-refractivity contribution in [3.63, 3.8) is 0 Å². The third-order valence-electron chi connectivity index (χ3n) is 4.25. The summed E-state index contributed by atoms with van der Waals surface area (Å²) >= 11 is 1.76. The predicted molar refractivity (Wildman–Crippen MR) is 84.7 cm³/mol. The Hall–Kier alpha value is -0.930. The lowest BCUT2D eigenvalue weighted by molar-refractivity contribution is 0.230. The fourth-order valence-corrected chi connectivity index (χ4v) is 2.63. The van der Waals surface area contributed by atoms with Gasteiger partial charge in [-0.15, -0.1) is 11.3 Å². The van der Waals surface area contributed by atoms with Crippen molar-refractivity contribution in [3.8, 4) is 0 Å². The molecule has 0 aliphatic rings. The Morgan fingerprint density at radius 2 is 2.05 bits per heavy atom. The van der Waals surface area contributed by atoms with Gasteiger partial charge in [0.25, 0.3) is 0 Å².